The minimum absolute atomic E-state index is 0.0593. The summed E-state index contributed by atoms with van der Waals surface area (Å²) in [6, 6.07) is 17.3. The average Bonchev–Trinajstić information content (AvgIpc) is 2.53. The number of benzene rings is 3. The van der Waals surface area contributed by atoms with Crippen molar-refractivity contribution >= 4 is 32.6 Å². The SMILES string of the molecule is COc1cccc2cc3c(=O)c4ccccc4[nH]c3cc12. The molecule has 1 N–H and O–H groups in total. The minimum atomic E-state index is 0.0593. The van der Waals surface area contributed by atoms with Crippen molar-refractivity contribution in [1.29, 1.82) is 0 Å². The third kappa shape index (κ3) is 1.71. The zero-order valence-corrected chi connectivity index (χ0v) is 11.5. The number of hydrogen-bond donors (Lipinski definition) is 1. The second-order valence-corrected chi connectivity index (χ2v) is 5.08. The molecule has 0 saturated carbocycles. The minimum Gasteiger partial charge on any atom is -0.496 e. The lowest BCUT2D eigenvalue weighted by Gasteiger charge is -2.08. The van der Waals surface area contributed by atoms with Crippen LogP contribution in [0.5, 0.6) is 5.75 Å². The molecule has 1 heterocycles. The zero-order valence-electron chi connectivity index (χ0n) is 11.5. The van der Waals surface area contributed by atoms with Crippen LogP contribution in [0.4, 0.5) is 0 Å². The van der Waals surface area contributed by atoms with E-state index in [9.17, 15) is 4.79 Å². The molecule has 0 amide bonds. The summed E-state index contributed by atoms with van der Waals surface area (Å²) in [6.07, 6.45) is 0. The van der Waals surface area contributed by atoms with Crippen LogP contribution >= 0.6 is 0 Å². The van der Waals surface area contributed by atoms with Crippen molar-refractivity contribution in [3.8, 4) is 5.75 Å². The first-order valence-corrected chi connectivity index (χ1v) is 6.79. The van der Waals surface area contributed by atoms with Gasteiger partial charge in [-0.2, -0.15) is 0 Å². The Morgan fingerprint density at radius 3 is 2.57 bits per heavy atom. The fourth-order valence-corrected chi connectivity index (χ4v) is 2.85. The zero-order chi connectivity index (χ0) is 14.4. The third-order valence-corrected chi connectivity index (χ3v) is 3.88. The number of H-pyrrole nitrogens is 1. The Labute approximate surface area is 120 Å². The van der Waals surface area contributed by atoms with Crippen LogP contribution in [0.15, 0.2) is 59.4 Å². The molecule has 3 heteroatoms. The number of aromatic nitrogens is 1. The van der Waals surface area contributed by atoms with E-state index in [-0.39, 0.29) is 5.43 Å². The largest absolute Gasteiger partial charge is 0.496 e. The normalized spacial score (nSPS) is 11.3. The van der Waals surface area contributed by atoms with Gasteiger partial charge in [-0.3, -0.25) is 4.79 Å². The number of methoxy groups -OCH3 is 1. The van der Waals surface area contributed by atoms with Gasteiger partial charge in [0.15, 0.2) is 5.43 Å². The van der Waals surface area contributed by atoms with Crippen molar-refractivity contribution in [1.82, 2.24) is 4.98 Å². The Hall–Kier alpha value is -2.81. The highest BCUT2D eigenvalue weighted by atomic mass is 16.5. The summed E-state index contributed by atoms with van der Waals surface area (Å²) >= 11 is 0. The standard InChI is InChI=1S/C18H13NO2/c1-21-17-8-4-5-11-9-14-16(10-13(11)17)19-15-7-3-2-6-12(15)18(14)20/h2-10H,1H3,(H,19,20). The molecule has 0 spiro atoms. The van der Waals surface area contributed by atoms with Gasteiger partial charge in [-0.1, -0.05) is 24.3 Å². The molecule has 0 atom stereocenters. The van der Waals surface area contributed by atoms with Gasteiger partial charge in [0.1, 0.15) is 5.75 Å². The van der Waals surface area contributed by atoms with Gasteiger partial charge in [0.05, 0.1) is 12.6 Å². The van der Waals surface area contributed by atoms with Crippen molar-refractivity contribution in [3.63, 3.8) is 0 Å². The van der Waals surface area contributed by atoms with E-state index in [1.54, 1.807) is 7.11 Å². The molecule has 0 bridgehead atoms. The number of aromatic amines is 1. The lowest BCUT2D eigenvalue weighted by Crippen LogP contribution is -2.04. The van der Waals surface area contributed by atoms with E-state index in [1.807, 2.05) is 54.6 Å². The van der Waals surface area contributed by atoms with E-state index in [2.05, 4.69) is 4.98 Å². The summed E-state index contributed by atoms with van der Waals surface area (Å²) in [6.45, 7) is 0. The predicted molar refractivity (Wildman–Crippen MR) is 86.1 cm³/mol. The molecule has 4 aromatic rings. The van der Waals surface area contributed by atoms with Gasteiger partial charge in [0.25, 0.3) is 0 Å². The molecule has 1 aromatic heterocycles. The van der Waals surface area contributed by atoms with Crippen LogP contribution in [0.2, 0.25) is 0 Å². The van der Waals surface area contributed by atoms with E-state index in [4.69, 9.17) is 4.74 Å². The Bertz CT molecular complexity index is 1050. The molecule has 4 rings (SSSR count). The Balaban J connectivity index is 2.24. The van der Waals surface area contributed by atoms with Gasteiger partial charge in [0.2, 0.25) is 0 Å². The number of pyridine rings is 1. The number of rotatable bonds is 1. The molecular formula is C18H13NO2. The Morgan fingerprint density at radius 1 is 0.857 bits per heavy atom. The fourth-order valence-electron chi connectivity index (χ4n) is 2.85. The van der Waals surface area contributed by atoms with Gasteiger partial charge in [-0.05, 0) is 35.7 Å². The van der Waals surface area contributed by atoms with Gasteiger partial charge < -0.3 is 9.72 Å². The first-order chi connectivity index (χ1) is 10.3. The maximum absolute atomic E-state index is 12.6. The molecular weight excluding hydrogens is 262 g/mol. The summed E-state index contributed by atoms with van der Waals surface area (Å²) < 4.78 is 5.40. The highest BCUT2D eigenvalue weighted by Gasteiger charge is 2.08. The highest BCUT2D eigenvalue weighted by molar-refractivity contribution is 6.02. The van der Waals surface area contributed by atoms with Crippen molar-refractivity contribution in [2.24, 2.45) is 0 Å². The molecule has 3 nitrogen and oxygen atoms in total. The van der Waals surface area contributed by atoms with Crippen LogP contribution in [0.1, 0.15) is 0 Å². The van der Waals surface area contributed by atoms with E-state index in [0.29, 0.717) is 10.8 Å². The van der Waals surface area contributed by atoms with E-state index >= 15 is 0 Å². The van der Waals surface area contributed by atoms with Crippen LogP contribution in [0.25, 0.3) is 32.6 Å². The van der Waals surface area contributed by atoms with Crippen molar-refractivity contribution in [2.75, 3.05) is 7.11 Å². The molecule has 102 valence electrons. The Morgan fingerprint density at radius 2 is 1.71 bits per heavy atom. The van der Waals surface area contributed by atoms with Gasteiger partial charge in [-0.15, -0.1) is 0 Å². The molecule has 3 aromatic carbocycles. The van der Waals surface area contributed by atoms with E-state index in [0.717, 1.165) is 27.6 Å². The van der Waals surface area contributed by atoms with Gasteiger partial charge in [-0.25, -0.2) is 0 Å². The molecule has 0 aliphatic heterocycles. The second kappa shape index (κ2) is 4.35. The monoisotopic (exact) mass is 275 g/mol. The number of ether oxygens (including phenoxy) is 1. The highest BCUT2D eigenvalue weighted by Crippen LogP contribution is 2.28. The summed E-state index contributed by atoms with van der Waals surface area (Å²) in [5, 5.41) is 3.42. The van der Waals surface area contributed by atoms with Crippen LogP contribution in [0, 0.1) is 0 Å². The number of hydrogen-bond acceptors (Lipinski definition) is 2. The predicted octanol–water partition coefficient (Wildman–Crippen LogP) is 3.84. The van der Waals surface area contributed by atoms with Crippen LogP contribution in [-0.2, 0) is 0 Å². The third-order valence-electron chi connectivity index (χ3n) is 3.88. The molecule has 0 saturated heterocycles. The topological polar surface area (TPSA) is 42.1 Å². The van der Waals surface area contributed by atoms with Crippen LogP contribution in [0.3, 0.4) is 0 Å². The quantitative estimate of drug-likeness (QED) is 0.536. The second-order valence-electron chi connectivity index (χ2n) is 5.08. The lowest BCUT2D eigenvalue weighted by molar-refractivity contribution is 0.420. The van der Waals surface area contributed by atoms with E-state index in [1.165, 1.54) is 0 Å². The van der Waals surface area contributed by atoms with Gasteiger partial charge >= 0.3 is 0 Å². The first-order valence-electron chi connectivity index (χ1n) is 6.79. The van der Waals surface area contributed by atoms with Crippen LogP contribution in [-0.4, -0.2) is 12.1 Å². The molecule has 0 radical (unpaired) electrons. The molecule has 0 fully saturated rings. The van der Waals surface area contributed by atoms with Crippen LogP contribution < -0.4 is 10.2 Å². The first kappa shape index (κ1) is 12.0. The fraction of sp³-hybridized carbons (Fsp3) is 0.0556. The molecule has 0 unspecified atom stereocenters. The Kier molecular flexibility index (Phi) is 2.48. The number of para-hydroxylation sites is 1. The van der Waals surface area contributed by atoms with Crippen molar-refractivity contribution in [3.05, 3.63) is 64.8 Å². The van der Waals surface area contributed by atoms with Crippen molar-refractivity contribution < 1.29 is 4.74 Å². The van der Waals surface area contributed by atoms with Crippen molar-refractivity contribution in [2.45, 2.75) is 0 Å². The summed E-state index contributed by atoms with van der Waals surface area (Å²) in [5.74, 6) is 0.809. The van der Waals surface area contributed by atoms with Gasteiger partial charge in [0, 0.05) is 21.7 Å². The number of fused-ring (bicyclic) bond motifs is 3. The molecule has 0 aliphatic carbocycles. The van der Waals surface area contributed by atoms with E-state index < -0.39 is 0 Å². The summed E-state index contributed by atoms with van der Waals surface area (Å²) in [7, 11) is 1.65. The number of nitrogens with one attached hydrogen (secondary N) is 1. The smallest absolute Gasteiger partial charge is 0.197 e. The maximum atomic E-state index is 12.6. The maximum Gasteiger partial charge on any atom is 0.197 e. The lowest BCUT2D eigenvalue weighted by atomic mass is 10.0. The average molecular weight is 275 g/mol. The summed E-state index contributed by atoms with van der Waals surface area (Å²) in [4.78, 5) is 16.0. The molecule has 21 heavy (non-hydrogen) atoms. The molecule has 0 aliphatic rings. The summed E-state index contributed by atoms with van der Waals surface area (Å²) in [5.41, 5.74) is 1.74.